The van der Waals surface area contributed by atoms with Crippen molar-refractivity contribution < 1.29 is 24.5 Å². The average Bonchev–Trinajstić information content (AvgIpc) is 3.07. The number of aliphatic hydroxyl groups is 1. The van der Waals surface area contributed by atoms with Crippen LogP contribution in [0.1, 0.15) is 40.8 Å². The van der Waals surface area contributed by atoms with E-state index in [1.165, 1.54) is 11.0 Å². The number of nitrogens with zero attached hydrogens (tertiary/aromatic N) is 2. The predicted molar refractivity (Wildman–Crippen MR) is 127 cm³/mol. The SMILES string of the molecule is CCOc1cc(C2/C(=C(\O)c3cc(C)ccc3C)C(=O)C(=O)N2Cc2cccnc2)ccc1O. The highest BCUT2D eigenvalue weighted by Crippen LogP contribution is 2.42. The number of benzene rings is 2. The van der Waals surface area contributed by atoms with Crippen LogP contribution in [-0.2, 0) is 16.1 Å². The number of carbonyl (C=O) groups excluding carboxylic acids is 2. The number of hydrogen-bond donors (Lipinski definition) is 2. The number of ketones is 1. The van der Waals surface area contributed by atoms with Crippen LogP contribution in [0.15, 0.2) is 66.5 Å². The van der Waals surface area contributed by atoms with E-state index in [1.54, 1.807) is 43.6 Å². The monoisotopic (exact) mass is 458 g/mol. The molecule has 1 saturated heterocycles. The van der Waals surface area contributed by atoms with Crippen LogP contribution in [0.2, 0.25) is 0 Å². The third-order valence-corrected chi connectivity index (χ3v) is 5.86. The van der Waals surface area contributed by atoms with E-state index >= 15 is 0 Å². The molecule has 1 aliphatic rings. The van der Waals surface area contributed by atoms with Gasteiger partial charge in [-0.2, -0.15) is 0 Å². The van der Waals surface area contributed by atoms with Gasteiger partial charge in [0.1, 0.15) is 5.76 Å². The van der Waals surface area contributed by atoms with Crippen LogP contribution >= 0.6 is 0 Å². The second-order valence-corrected chi connectivity index (χ2v) is 8.27. The highest BCUT2D eigenvalue weighted by Gasteiger charge is 2.46. The van der Waals surface area contributed by atoms with Crippen LogP contribution in [0.5, 0.6) is 11.5 Å². The van der Waals surface area contributed by atoms with E-state index in [-0.39, 0.29) is 29.4 Å². The Kier molecular flexibility index (Phi) is 6.36. The third kappa shape index (κ3) is 4.24. The number of amides is 1. The minimum atomic E-state index is -0.875. The molecule has 4 rings (SSSR count). The zero-order valence-corrected chi connectivity index (χ0v) is 19.3. The van der Waals surface area contributed by atoms with Crippen molar-refractivity contribution >= 4 is 17.4 Å². The van der Waals surface area contributed by atoms with Crippen LogP contribution in [0.4, 0.5) is 0 Å². The fourth-order valence-electron chi connectivity index (χ4n) is 4.19. The van der Waals surface area contributed by atoms with Crippen molar-refractivity contribution in [2.45, 2.75) is 33.4 Å². The predicted octanol–water partition coefficient (Wildman–Crippen LogP) is 4.42. The first-order chi connectivity index (χ1) is 16.3. The molecular weight excluding hydrogens is 432 g/mol. The first-order valence-corrected chi connectivity index (χ1v) is 11.0. The molecule has 1 aromatic heterocycles. The molecule has 1 fully saturated rings. The maximum Gasteiger partial charge on any atom is 0.295 e. The molecule has 2 aromatic carbocycles. The first-order valence-electron chi connectivity index (χ1n) is 11.0. The molecule has 0 radical (unpaired) electrons. The Hall–Kier alpha value is -4.13. The highest BCUT2D eigenvalue weighted by molar-refractivity contribution is 6.46. The number of aliphatic hydroxyl groups excluding tert-OH is 1. The van der Waals surface area contributed by atoms with Gasteiger partial charge < -0.3 is 19.8 Å². The lowest BCUT2D eigenvalue weighted by Gasteiger charge is -2.26. The fourth-order valence-corrected chi connectivity index (χ4v) is 4.19. The molecule has 7 nitrogen and oxygen atoms in total. The van der Waals surface area contributed by atoms with Gasteiger partial charge in [-0.25, -0.2) is 0 Å². The Labute approximate surface area is 198 Å². The molecule has 7 heteroatoms. The average molecular weight is 459 g/mol. The van der Waals surface area contributed by atoms with Crippen LogP contribution in [0.25, 0.3) is 5.76 Å². The van der Waals surface area contributed by atoms with Gasteiger partial charge in [-0.3, -0.25) is 14.6 Å². The molecule has 0 bridgehead atoms. The Morgan fingerprint density at radius 2 is 1.91 bits per heavy atom. The molecule has 1 amide bonds. The first kappa shape index (κ1) is 23.0. The number of carbonyl (C=O) groups is 2. The molecule has 2 N–H and O–H groups in total. The maximum absolute atomic E-state index is 13.3. The van der Waals surface area contributed by atoms with E-state index in [4.69, 9.17) is 4.74 Å². The van der Waals surface area contributed by atoms with Crippen molar-refractivity contribution in [1.29, 1.82) is 0 Å². The Bertz CT molecular complexity index is 1280. The van der Waals surface area contributed by atoms with Gasteiger partial charge in [-0.1, -0.05) is 29.8 Å². The summed E-state index contributed by atoms with van der Waals surface area (Å²) in [4.78, 5) is 32.0. The second-order valence-electron chi connectivity index (χ2n) is 8.27. The van der Waals surface area contributed by atoms with E-state index in [0.717, 1.165) is 16.7 Å². The number of aryl methyl sites for hydroxylation is 2. The Balaban J connectivity index is 1.92. The normalized spacial score (nSPS) is 17.3. The minimum absolute atomic E-state index is 0.00396. The number of likely N-dealkylation sites (tertiary alicyclic amines) is 1. The van der Waals surface area contributed by atoms with Crippen molar-refractivity contribution in [2.75, 3.05) is 6.61 Å². The number of aromatic hydroxyl groups is 1. The van der Waals surface area contributed by atoms with Crippen LogP contribution in [0, 0.1) is 13.8 Å². The summed E-state index contributed by atoms with van der Waals surface area (Å²) in [6, 6.07) is 12.9. The quantitative estimate of drug-likeness (QED) is 0.322. The maximum atomic E-state index is 13.3. The van der Waals surface area contributed by atoms with Gasteiger partial charge in [-0.15, -0.1) is 0 Å². The number of hydrogen-bond acceptors (Lipinski definition) is 6. The molecule has 1 aliphatic heterocycles. The van der Waals surface area contributed by atoms with E-state index in [9.17, 15) is 19.8 Å². The molecular formula is C27H26N2O5. The van der Waals surface area contributed by atoms with Crippen molar-refractivity contribution in [3.05, 3.63) is 94.3 Å². The highest BCUT2D eigenvalue weighted by atomic mass is 16.5. The minimum Gasteiger partial charge on any atom is -0.507 e. The number of Topliss-reactive ketones (excluding diaryl/α,β-unsaturated/α-hetero) is 1. The van der Waals surface area contributed by atoms with Gasteiger partial charge in [0.15, 0.2) is 11.5 Å². The lowest BCUT2D eigenvalue weighted by Crippen LogP contribution is -2.29. The smallest absolute Gasteiger partial charge is 0.295 e. The molecule has 1 unspecified atom stereocenters. The van der Waals surface area contributed by atoms with Crippen molar-refractivity contribution in [3.8, 4) is 11.5 Å². The number of ether oxygens (including phenoxy) is 1. The van der Waals surface area contributed by atoms with Gasteiger partial charge in [0.2, 0.25) is 0 Å². The van der Waals surface area contributed by atoms with E-state index in [0.29, 0.717) is 17.7 Å². The van der Waals surface area contributed by atoms with Gasteiger partial charge in [0.25, 0.3) is 11.7 Å². The Morgan fingerprint density at radius 3 is 2.62 bits per heavy atom. The lowest BCUT2D eigenvalue weighted by atomic mass is 9.93. The largest absolute Gasteiger partial charge is 0.507 e. The summed E-state index contributed by atoms with van der Waals surface area (Å²) in [6.07, 6.45) is 3.26. The number of aromatic nitrogens is 1. The van der Waals surface area contributed by atoms with E-state index < -0.39 is 17.7 Å². The van der Waals surface area contributed by atoms with Crippen molar-refractivity contribution in [3.63, 3.8) is 0 Å². The number of phenols is 1. The lowest BCUT2D eigenvalue weighted by molar-refractivity contribution is -0.140. The standard InChI is InChI=1S/C27H26N2O5/c1-4-34-22-13-19(9-10-21(22)30)24-23(25(31)20-12-16(2)7-8-17(20)3)26(32)27(33)29(24)15-18-6-5-11-28-14-18/h5-14,24,30-31H,4,15H2,1-3H3/b25-23+. The summed E-state index contributed by atoms with van der Waals surface area (Å²) in [7, 11) is 0. The van der Waals surface area contributed by atoms with Crippen LogP contribution in [0.3, 0.4) is 0 Å². The van der Waals surface area contributed by atoms with E-state index in [2.05, 4.69) is 4.98 Å². The molecule has 3 aromatic rings. The molecule has 0 spiro atoms. The van der Waals surface area contributed by atoms with Crippen molar-refractivity contribution in [1.82, 2.24) is 9.88 Å². The third-order valence-electron chi connectivity index (χ3n) is 5.86. The zero-order valence-electron chi connectivity index (χ0n) is 19.3. The number of phenolic OH excluding ortho intramolecular Hbond substituents is 1. The summed E-state index contributed by atoms with van der Waals surface area (Å²) in [5, 5.41) is 21.5. The number of rotatable bonds is 6. The van der Waals surface area contributed by atoms with Crippen LogP contribution < -0.4 is 4.74 Å². The molecule has 0 saturated carbocycles. The summed E-state index contributed by atoms with van der Waals surface area (Å²) in [6.45, 7) is 5.97. The molecule has 34 heavy (non-hydrogen) atoms. The topological polar surface area (TPSA) is 100.0 Å². The summed E-state index contributed by atoms with van der Waals surface area (Å²) < 4.78 is 5.53. The summed E-state index contributed by atoms with van der Waals surface area (Å²) in [5.74, 6) is -1.53. The van der Waals surface area contributed by atoms with Gasteiger partial charge in [-0.05, 0) is 61.7 Å². The summed E-state index contributed by atoms with van der Waals surface area (Å²) >= 11 is 0. The summed E-state index contributed by atoms with van der Waals surface area (Å²) in [5.41, 5.74) is 3.46. The van der Waals surface area contributed by atoms with Gasteiger partial charge in [0.05, 0.1) is 18.2 Å². The second kappa shape index (κ2) is 9.39. The molecule has 2 heterocycles. The zero-order chi connectivity index (χ0) is 24.4. The fraction of sp³-hybridized carbons (Fsp3) is 0.222. The molecule has 0 aliphatic carbocycles. The van der Waals surface area contributed by atoms with Gasteiger partial charge >= 0.3 is 0 Å². The molecule has 1 atom stereocenters. The molecule has 174 valence electrons. The van der Waals surface area contributed by atoms with Crippen molar-refractivity contribution in [2.24, 2.45) is 0 Å². The number of pyridine rings is 1. The van der Waals surface area contributed by atoms with Crippen LogP contribution in [-0.4, -0.2) is 38.4 Å². The van der Waals surface area contributed by atoms with Gasteiger partial charge in [0, 0.05) is 24.5 Å². The Morgan fingerprint density at radius 1 is 1.12 bits per heavy atom. The van der Waals surface area contributed by atoms with E-state index in [1.807, 2.05) is 32.0 Å².